The van der Waals surface area contributed by atoms with E-state index in [4.69, 9.17) is 4.74 Å². The Balaban J connectivity index is 1.96. The second kappa shape index (κ2) is 7.67. The third-order valence-corrected chi connectivity index (χ3v) is 4.66. The number of aromatic hydroxyl groups is 1. The predicted molar refractivity (Wildman–Crippen MR) is 104 cm³/mol. The van der Waals surface area contributed by atoms with Crippen molar-refractivity contribution >= 4 is 23.4 Å². The van der Waals surface area contributed by atoms with Crippen molar-refractivity contribution in [3.05, 3.63) is 81.0 Å². The standard InChI is InChI=1S/C19H14N6O6/c1-31-18(28)15-14(17(27)11-5-2-6-12(8-11)25(29)30)16(10-4-3-7-13(26)9-10)24-19(20-15)21-22-23-24/h2-9,16,26H,1H3,(H,20,21,23)/t16-/m0/s1. The first kappa shape index (κ1) is 19.7. The number of non-ortho nitro benzene ring substituents is 1. The number of ether oxygens (including phenoxy) is 1. The number of allylic oxidation sites excluding steroid dienone is 1. The molecule has 0 aliphatic carbocycles. The number of nitrogens with zero attached hydrogens (tertiary/aromatic N) is 5. The van der Waals surface area contributed by atoms with Gasteiger partial charge in [-0.15, -0.1) is 0 Å². The molecule has 4 rings (SSSR count). The summed E-state index contributed by atoms with van der Waals surface area (Å²) in [5, 5.41) is 35.1. The van der Waals surface area contributed by atoms with Gasteiger partial charge in [-0.05, 0) is 28.1 Å². The Labute approximate surface area is 173 Å². The van der Waals surface area contributed by atoms with Crippen LogP contribution in [0.25, 0.3) is 0 Å². The maximum Gasteiger partial charge on any atom is 0.355 e. The highest BCUT2D eigenvalue weighted by Gasteiger charge is 2.38. The van der Waals surface area contributed by atoms with Crippen LogP contribution in [-0.4, -0.2) is 49.1 Å². The van der Waals surface area contributed by atoms with Gasteiger partial charge in [0.05, 0.1) is 17.6 Å². The number of benzene rings is 2. The Morgan fingerprint density at radius 2 is 2.00 bits per heavy atom. The second-order valence-corrected chi connectivity index (χ2v) is 6.49. The van der Waals surface area contributed by atoms with Crippen LogP contribution >= 0.6 is 0 Å². The molecule has 12 heteroatoms. The minimum Gasteiger partial charge on any atom is -0.508 e. The summed E-state index contributed by atoms with van der Waals surface area (Å²) >= 11 is 0. The molecule has 3 aromatic rings. The molecule has 31 heavy (non-hydrogen) atoms. The topological polar surface area (TPSA) is 162 Å². The lowest BCUT2D eigenvalue weighted by Gasteiger charge is -2.28. The zero-order valence-electron chi connectivity index (χ0n) is 15.9. The van der Waals surface area contributed by atoms with Crippen molar-refractivity contribution in [3.8, 4) is 5.75 Å². The molecule has 2 aromatic carbocycles. The number of tetrazole rings is 1. The van der Waals surface area contributed by atoms with E-state index >= 15 is 0 Å². The number of hydrogen-bond acceptors (Lipinski definition) is 10. The number of fused-ring (bicyclic) bond motifs is 1. The van der Waals surface area contributed by atoms with E-state index in [1.807, 2.05) is 0 Å². The van der Waals surface area contributed by atoms with Crippen molar-refractivity contribution in [1.82, 2.24) is 20.2 Å². The number of Topliss-reactive ketones (excluding diaryl/α,β-unsaturated/α-hetero) is 1. The van der Waals surface area contributed by atoms with E-state index in [1.165, 1.54) is 35.0 Å². The summed E-state index contributed by atoms with van der Waals surface area (Å²) in [6, 6.07) is 10.1. The lowest BCUT2D eigenvalue weighted by molar-refractivity contribution is -0.384. The van der Waals surface area contributed by atoms with Crippen LogP contribution in [0, 0.1) is 10.1 Å². The molecule has 0 saturated heterocycles. The van der Waals surface area contributed by atoms with Gasteiger partial charge in [0.15, 0.2) is 5.78 Å². The van der Waals surface area contributed by atoms with E-state index in [-0.39, 0.29) is 34.2 Å². The van der Waals surface area contributed by atoms with Crippen LogP contribution < -0.4 is 5.32 Å². The van der Waals surface area contributed by atoms with Gasteiger partial charge >= 0.3 is 5.97 Å². The van der Waals surface area contributed by atoms with Gasteiger partial charge in [-0.25, -0.2) is 4.79 Å². The van der Waals surface area contributed by atoms with Crippen LogP contribution in [0.5, 0.6) is 5.75 Å². The van der Waals surface area contributed by atoms with Crippen molar-refractivity contribution in [2.75, 3.05) is 12.4 Å². The number of esters is 1. The maximum atomic E-state index is 13.5. The molecular formula is C19H14N6O6. The molecule has 2 N–H and O–H groups in total. The molecule has 156 valence electrons. The number of carbonyl (C=O) groups excluding carboxylic acids is 2. The fourth-order valence-corrected chi connectivity index (χ4v) is 3.31. The Morgan fingerprint density at radius 3 is 2.71 bits per heavy atom. The summed E-state index contributed by atoms with van der Waals surface area (Å²) in [6.45, 7) is 0. The van der Waals surface area contributed by atoms with E-state index in [2.05, 4.69) is 20.8 Å². The molecule has 0 amide bonds. The number of phenolic OH excluding ortho intramolecular Hbond substituents is 1. The molecule has 2 heterocycles. The van der Waals surface area contributed by atoms with Gasteiger partial charge in [-0.1, -0.05) is 29.4 Å². The fourth-order valence-electron chi connectivity index (χ4n) is 3.31. The molecule has 1 aromatic heterocycles. The minimum absolute atomic E-state index is 0.0194. The molecule has 1 atom stereocenters. The van der Waals surface area contributed by atoms with Gasteiger partial charge in [-0.3, -0.25) is 14.9 Å². The van der Waals surface area contributed by atoms with E-state index < -0.39 is 22.7 Å². The van der Waals surface area contributed by atoms with E-state index in [0.29, 0.717) is 5.56 Å². The quantitative estimate of drug-likeness (QED) is 0.267. The van der Waals surface area contributed by atoms with Crippen LogP contribution in [0.15, 0.2) is 59.8 Å². The Morgan fingerprint density at radius 1 is 1.23 bits per heavy atom. The molecular weight excluding hydrogens is 408 g/mol. The number of hydrogen-bond donors (Lipinski definition) is 2. The normalized spacial score (nSPS) is 15.1. The first-order valence-electron chi connectivity index (χ1n) is 8.86. The number of nitrogens with one attached hydrogen (secondary N) is 1. The Hall–Kier alpha value is -4.61. The van der Waals surface area contributed by atoms with Gasteiger partial charge in [-0.2, -0.15) is 4.68 Å². The molecule has 0 unspecified atom stereocenters. The van der Waals surface area contributed by atoms with Crippen LogP contribution in [0.2, 0.25) is 0 Å². The summed E-state index contributed by atoms with van der Waals surface area (Å²) in [4.78, 5) is 36.6. The number of methoxy groups -OCH3 is 1. The van der Waals surface area contributed by atoms with Gasteiger partial charge in [0.25, 0.3) is 5.69 Å². The monoisotopic (exact) mass is 422 g/mol. The minimum atomic E-state index is -1.01. The van der Waals surface area contributed by atoms with Crippen molar-refractivity contribution in [2.45, 2.75) is 6.04 Å². The van der Waals surface area contributed by atoms with Gasteiger partial charge in [0, 0.05) is 17.7 Å². The molecule has 0 spiro atoms. The lowest BCUT2D eigenvalue weighted by Crippen LogP contribution is -2.32. The highest BCUT2D eigenvalue weighted by molar-refractivity contribution is 6.15. The van der Waals surface area contributed by atoms with E-state index in [9.17, 15) is 24.8 Å². The van der Waals surface area contributed by atoms with Crippen LogP contribution in [0.1, 0.15) is 22.0 Å². The number of nitro groups is 1. The summed E-state index contributed by atoms with van der Waals surface area (Å²) in [7, 11) is 1.15. The third kappa shape index (κ3) is 3.46. The average Bonchev–Trinajstić information content (AvgIpc) is 3.25. The summed E-state index contributed by atoms with van der Waals surface area (Å²) < 4.78 is 6.09. The number of ketones is 1. The summed E-state index contributed by atoms with van der Waals surface area (Å²) in [5.41, 5.74) is -0.210. The Bertz CT molecular complexity index is 1250. The van der Waals surface area contributed by atoms with Crippen molar-refractivity contribution in [3.63, 3.8) is 0 Å². The maximum absolute atomic E-state index is 13.5. The SMILES string of the molecule is COC(=O)C1=C(C(=O)c2cccc([N+](=O)[O-])c2)[C@H](c2cccc(O)c2)n2nnnc2N1. The molecule has 1 aliphatic heterocycles. The largest absolute Gasteiger partial charge is 0.508 e. The smallest absolute Gasteiger partial charge is 0.355 e. The zero-order chi connectivity index (χ0) is 22.1. The van der Waals surface area contributed by atoms with Crippen LogP contribution in [0.4, 0.5) is 11.6 Å². The van der Waals surface area contributed by atoms with Crippen LogP contribution in [0.3, 0.4) is 0 Å². The molecule has 1 aliphatic rings. The zero-order valence-corrected chi connectivity index (χ0v) is 15.9. The first-order chi connectivity index (χ1) is 14.9. The average molecular weight is 422 g/mol. The highest BCUT2D eigenvalue weighted by atomic mass is 16.6. The number of phenols is 1. The van der Waals surface area contributed by atoms with Gasteiger partial charge < -0.3 is 15.2 Å². The molecule has 0 radical (unpaired) electrons. The van der Waals surface area contributed by atoms with Gasteiger partial charge in [0.2, 0.25) is 5.95 Å². The van der Waals surface area contributed by atoms with Crippen molar-refractivity contribution in [1.29, 1.82) is 0 Å². The summed E-state index contributed by atoms with van der Waals surface area (Å²) in [5.74, 6) is -1.53. The van der Waals surface area contributed by atoms with Crippen LogP contribution in [-0.2, 0) is 9.53 Å². The summed E-state index contributed by atoms with van der Waals surface area (Å²) in [6.07, 6.45) is 0. The molecule has 0 saturated carbocycles. The van der Waals surface area contributed by atoms with E-state index in [1.54, 1.807) is 12.1 Å². The number of rotatable bonds is 5. The molecule has 0 fully saturated rings. The fraction of sp³-hybridized carbons (Fsp3) is 0.105. The predicted octanol–water partition coefficient (Wildman–Crippen LogP) is 1.61. The molecule has 12 nitrogen and oxygen atoms in total. The van der Waals surface area contributed by atoms with Crippen molar-refractivity contribution < 1.29 is 24.4 Å². The highest BCUT2D eigenvalue weighted by Crippen LogP contribution is 2.37. The Kier molecular flexibility index (Phi) is 4.87. The molecule has 0 bridgehead atoms. The second-order valence-electron chi connectivity index (χ2n) is 6.49. The number of carbonyl (C=O) groups is 2. The number of nitro benzene ring substituents is 1. The lowest BCUT2D eigenvalue weighted by atomic mass is 9.89. The first-order valence-corrected chi connectivity index (χ1v) is 8.86. The van der Waals surface area contributed by atoms with Crippen molar-refractivity contribution in [2.24, 2.45) is 0 Å². The van der Waals surface area contributed by atoms with Gasteiger partial charge in [0.1, 0.15) is 17.5 Å². The number of anilines is 1. The third-order valence-electron chi connectivity index (χ3n) is 4.66. The van der Waals surface area contributed by atoms with E-state index in [0.717, 1.165) is 13.2 Å². The number of aromatic nitrogens is 4.